The fourth-order valence-electron chi connectivity index (χ4n) is 2.56. The number of hydrogen-bond donors (Lipinski definition) is 2. The summed E-state index contributed by atoms with van der Waals surface area (Å²) in [5.41, 5.74) is 1.96. The third kappa shape index (κ3) is 2.76. The van der Waals surface area contributed by atoms with Gasteiger partial charge in [-0.1, -0.05) is 0 Å². The van der Waals surface area contributed by atoms with Gasteiger partial charge in [-0.15, -0.1) is 0 Å². The Balaban J connectivity index is 1.99. The molecule has 0 fully saturated rings. The lowest BCUT2D eigenvalue weighted by Gasteiger charge is -2.11. The van der Waals surface area contributed by atoms with Gasteiger partial charge in [-0.25, -0.2) is 13.2 Å². The van der Waals surface area contributed by atoms with E-state index in [2.05, 4.69) is 9.71 Å². The van der Waals surface area contributed by atoms with Crippen molar-refractivity contribution in [2.75, 3.05) is 11.8 Å². The summed E-state index contributed by atoms with van der Waals surface area (Å²) >= 11 is 0. The molecule has 1 aromatic heterocycles. The summed E-state index contributed by atoms with van der Waals surface area (Å²) in [7, 11) is -0.576. The molecular weight excluding hydrogens is 330 g/mol. The van der Waals surface area contributed by atoms with E-state index in [1.54, 1.807) is 44.3 Å². The fourth-order valence-corrected chi connectivity index (χ4v) is 3.84. The first-order chi connectivity index (χ1) is 11.3. The predicted octanol–water partition coefficient (Wildman–Crippen LogP) is 1.98. The molecule has 8 heteroatoms. The Morgan fingerprint density at radius 2 is 1.92 bits per heavy atom. The maximum absolute atomic E-state index is 12.6. The number of H-pyrrole nitrogens is 1. The van der Waals surface area contributed by atoms with Crippen molar-refractivity contribution in [3.05, 3.63) is 52.4 Å². The number of anilines is 1. The zero-order valence-corrected chi connectivity index (χ0v) is 14.3. The monoisotopic (exact) mass is 347 g/mol. The van der Waals surface area contributed by atoms with Crippen LogP contribution >= 0.6 is 0 Å². The minimum Gasteiger partial charge on any atom is -0.497 e. The maximum atomic E-state index is 12.6. The van der Waals surface area contributed by atoms with E-state index >= 15 is 0 Å². The van der Waals surface area contributed by atoms with Crippen LogP contribution in [0.15, 0.2) is 46.1 Å². The van der Waals surface area contributed by atoms with E-state index in [4.69, 9.17) is 4.74 Å². The Morgan fingerprint density at radius 1 is 1.17 bits per heavy atom. The summed E-state index contributed by atoms with van der Waals surface area (Å²) in [6, 6.07) is 9.65. The highest BCUT2D eigenvalue weighted by molar-refractivity contribution is 7.92. The van der Waals surface area contributed by atoms with Crippen molar-refractivity contribution in [1.82, 2.24) is 9.55 Å². The van der Waals surface area contributed by atoms with Crippen LogP contribution in [-0.2, 0) is 17.1 Å². The number of methoxy groups -OCH3 is 1. The number of imidazole rings is 1. The Morgan fingerprint density at radius 3 is 2.58 bits per heavy atom. The number of sulfonamides is 1. The molecular formula is C16H17N3O4S. The second-order valence-electron chi connectivity index (χ2n) is 5.46. The number of rotatable bonds is 4. The first-order valence-electron chi connectivity index (χ1n) is 7.18. The molecule has 0 bridgehead atoms. The average molecular weight is 347 g/mol. The number of aromatic amines is 1. The zero-order valence-electron chi connectivity index (χ0n) is 13.5. The van der Waals surface area contributed by atoms with Gasteiger partial charge >= 0.3 is 5.69 Å². The topological polar surface area (TPSA) is 93.2 Å². The fraction of sp³-hybridized carbons (Fsp3) is 0.188. The van der Waals surface area contributed by atoms with Gasteiger partial charge in [0.05, 0.1) is 28.7 Å². The molecule has 0 aliphatic carbocycles. The van der Waals surface area contributed by atoms with Gasteiger partial charge in [0.2, 0.25) is 0 Å². The molecule has 0 atom stereocenters. The molecule has 0 saturated carbocycles. The van der Waals surface area contributed by atoms with E-state index in [0.29, 0.717) is 28.0 Å². The van der Waals surface area contributed by atoms with Crippen LogP contribution in [0.2, 0.25) is 0 Å². The Bertz CT molecular complexity index is 1080. The number of fused-ring (bicyclic) bond motifs is 1. The largest absolute Gasteiger partial charge is 0.497 e. The summed E-state index contributed by atoms with van der Waals surface area (Å²) < 4.78 is 34.3. The minimum absolute atomic E-state index is 0.171. The zero-order chi connectivity index (χ0) is 17.5. The number of aromatic nitrogens is 2. The highest BCUT2D eigenvalue weighted by Crippen LogP contribution is 2.24. The Labute approximate surface area is 138 Å². The van der Waals surface area contributed by atoms with Gasteiger partial charge < -0.3 is 9.72 Å². The second kappa shape index (κ2) is 5.72. The van der Waals surface area contributed by atoms with E-state index in [0.717, 1.165) is 0 Å². The van der Waals surface area contributed by atoms with E-state index in [-0.39, 0.29) is 10.6 Å². The van der Waals surface area contributed by atoms with Crippen LogP contribution in [0, 0.1) is 6.92 Å². The van der Waals surface area contributed by atoms with Gasteiger partial charge in [-0.3, -0.25) is 9.29 Å². The van der Waals surface area contributed by atoms with Crippen molar-refractivity contribution in [3.63, 3.8) is 0 Å². The molecule has 0 amide bonds. The molecule has 0 unspecified atom stereocenters. The van der Waals surface area contributed by atoms with E-state index in [1.807, 2.05) is 0 Å². The number of ether oxygens (including phenoxy) is 1. The van der Waals surface area contributed by atoms with Crippen molar-refractivity contribution in [2.45, 2.75) is 11.8 Å². The van der Waals surface area contributed by atoms with Crippen LogP contribution in [0.4, 0.5) is 5.69 Å². The van der Waals surface area contributed by atoms with Crippen molar-refractivity contribution in [1.29, 1.82) is 0 Å². The molecule has 7 nitrogen and oxygen atoms in total. The molecule has 24 heavy (non-hydrogen) atoms. The Kier molecular flexibility index (Phi) is 3.84. The number of hydrogen-bond acceptors (Lipinski definition) is 4. The lowest BCUT2D eigenvalue weighted by Crippen LogP contribution is -2.14. The summed E-state index contributed by atoms with van der Waals surface area (Å²) in [5, 5.41) is 0. The van der Waals surface area contributed by atoms with Crippen LogP contribution in [0.3, 0.4) is 0 Å². The first-order valence-corrected chi connectivity index (χ1v) is 8.66. The molecule has 0 aliphatic heterocycles. The number of nitrogens with zero attached hydrogens (tertiary/aromatic N) is 1. The van der Waals surface area contributed by atoms with Crippen molar-refractivity contribution in [3.8, 4) is 5.75 Å². The second-order valence-corrected chi connectivity index (χ2v) is 7.11. The van der Waals surface area contributed by atoms with Crippen LogP contribution in [0.25, 0.3) is 11.0 Å². The number of benzene rings is 2. The average Bonchev–Trinajstić information content (AvgIpc) is 2.80. The maximum Gasteiger partial charge on any atom is 0.326 e. The molecule has 1 heterocycles. The van der Waals surface area contributed by atoms with Crippen molar-refractivity contribution < 1.29 is 13.2 Å². The normalized spacial score (nSPS) is 11.6. The summed E-state index contributed by atoms with van der Waals surface area (Å²) in [6.45, 7) is 1.70. The number of nitrogens with one attached hydrogen (secondary N) is 2. The van der Waals surface area contributed by atoms with Crippen molar-refractivity contribution in [2.24, 2.45) is 7.05 Å². The van der Waals surface area contributed by atoms with E-state index in [1.165, 1.54) is 17.7 Å². The SMILES string of the molecule is COc1ccc(S(=O)(=O)Nc2ccc3c(c2)[nH]c(=O)n3C)c(C)c1. The van der Waals surface area contributed by atoms with Gasteiger partial charge in [0.15, 0.2) is 0 Å². The first kappa shape index (κ1) is 16.1. The van der Waals surface area contributed by atoms with Crippen LogP contribution in [-0.4, -0.2) is 25.1 Å². The lowest BCUT2D eigenvalue weighted by molar-refractivity contribution is 0.414. The van der Waals surface area contributed by atoms with Gasteiger partial charge in [0.25, 0.3) is 10.0 Å². The van der Waals surface area contributed by atoms with Crippen LogP contribution in [0.5, 0.6) is 5.75 Å². The summed E-state index contributed by atoms with van der Waals surface area (Å²) in [5.74, 6) is 0.592. The van der Waals surface area contributed by atoms with Gasteiger partial charge in [0, 0.05) is 7.05 Å². The van der Waals surface area contributed by atoms with Crippen LogP contribution < -0.4 is 15.1 Å². The standard InChI is InChI=1S/C16H17N3O4S/c1-10-8-12(23-3)5-7-15(10)24(21,22)18-11-4-6-14-13(9-11)17-16(20)19(14)2/h4-9,18H,1-3H3,(H,17,20). The molecule has 2 aromatic carbocycles. The summed E-state index contributed by atoms with van der Waals surface area (Å²) in [6.07, 6.45) is 0. The van der Waals surface area contributed by atoms with Gasteiger partial charge in [-0.2, -0.15) is 0 Å². The quantitative estimate of drug-likeness (QED) is 0.755. The molecule has 0 saturated heterocycles. The molecule has 126 valence electrons. The van der Waals surface area contributed by atoms with Crippen LogP contribution in [0.1, 0.15) is 5.56 Å². The third-order valence-electron chi connectivity index (χ3n) is 3.83. The lowest BCUT2D eigenvalue weighted by atomic mass is 10.2. The molecule has 2 N–H and O–H groups in total. The highest BCUT2D eigenvalue weighted by Gasteiger charge is 2.18. The number of aryl methyl sites for hydroxylation is 2. The molecule has 0 aliphatic rings. The highest BCUT2D eigenvalue weighted by atomic mass is 32.2. The van der Waals surface area contributed by atoms with E-state index in [9.17, 15) is 13.2 Å². The Hall–Kier alpha value is -2.74. The predicted molar refractivity (Wildman–Crippen MR) is 92.1 cm³/mol. The van der Waals surface area contributed by atoms with E-state index < -0.39 is 10.0 Å². The molecule has 0 spiro atoms. The third-order valence-corrected chi connectivity index (χ3v) is 5.37. The van der Waals surface area contributed by atoms with Crippen molar-refractivity contribution >= 4 is 26.7 Å². The van der Waals surface area contributed by atoms with Gasteiger partial charge in [0.1, 0.15) is 5.75 Å². The molecule has 3 aromatic rings. The summed E-state index contributed by atoms with van der Waals surface area (Å²) in [4.78, 5) is 14.5. The minimum atomic E-state index is -3.75. The smallest absolute Gasteiger partial charge is 0.326 e. The molecule has 3 rings (SSSR count). The van der Waals surface area contributed by atoms with Gasteiger partial charge in [-0.05, 0) is 48.9 Å². The molecule has 0 radical (unpaired) electrons.